The Bertz CT molecular complexity index is 371. The lowest BCUT2D eigenvalue weighted by Gasteiger charge is -2.44. The van der Waals surface area contributed by atoms with Gasteiger partial charge in [0.1, 0.15) is 0 Å². The highest BCUT2D eigenvalue weighted by Crippen LogP contribution is 2.26. The van der Waals surface area contributed by atoms with Gasteiger partial charge in [-0.25, -0.2) is 0 Å². The monoisotopic (exact) mass is 296 g/mol. The maximum Gasteiger partial charge on any atom is 0.237 e. The molecule has 0 bridgehead atoms. The molecule has 3 atom stereocenters. The van der Waals surface area contributed by atoms with Crippen LogP contribution in [0.4, 0.5) is 0 Å². The van der Waals surface area contributed by atoms with E-state index in [4.69, 9.17) is 5.73 Å². The Labute approximate surface area is 129 Å². The van der Waals surface area contributed by atoms with E-state index in [0.717, 1.165) is 32.6 Å². The van der Waals surface area contributed by atoms with E-state index in [-0.39, 0.29) is 5.91 Å². The molecule has 0 aromatic rings. The van der Waals surface area contributed by atoms with Crippen LogP contribution in [-0.2, 0) is 4.79 Å². The zero-order chi connectivity index (χ0) is 15.6. The van der Waals surface area contributed by atoms with Crippen molar-refractivity contribution < 1.29 is 4.79 Å². The molecule has 0 aromatic heterocycles. The Kier molecular flexibility index (Phi) is 5.28. The summed E-state index contributed by atoms with van der Waals surface area (Å²) in [5.41, 5.74) is 5.09. The lowest BCUT2D eigenvalue weighted by Crippen LogP contribution is -2.59. The van der Waals surface area contributed by atoms with Crippen molar-refractivity contribution in [3.8, 4) is 0 Å². The summed E-state index contributed by atoms with van der Waals surface area (Å²) < 4.78 is 0. The Morgan fingerprint density at radius 2 is 2.10 bits per heavy atom. The molecule has 0 aromatic carbocycles. The number of nitrogens with zero attached hydrogens (tertiary/aromatic N) is 2. The van der Waals surface area contributed by atoms with E-state index < -0.39 is 5.54 Å². The van der Waals surface area contributed by atoms with Gasteiger partial charge in [-0.1, -0.05) is 6.92 Å². The van der Waals surface area contributed by atoms with Gasteiger partial charge >= 0.3 is 0 Å². The van der Waals surface area contributed by atoms with Crippen molar-refractivity contribution in [2.75, 3.05) is 26.2 Å². The van der Waals surface area contributed by atoms with Crippen molar-refractivity contribution in [1.82, 2.24) is 15.1 Å². The minimum Gasteiger partial charge on any atom is -0.368 e. The first-order chi connectivity index (χ1) is 9.85. The van der Waals surface area contributed by atoms with Crippen molar-refractivity contribution in [2.24, 2.45) is 5.73 Å². The summed E-state index contributed by atoms with van der Waals surface area (Å²) in [6.07, 6.45) is 3.13. The second-order valence-corrected chi connectivity index (χ2v) is 7.14. The summed E-state index contributed by atoms with van der Waals surface area (Å²) in [7, 11) is 0. The van der Waals surface area contributed by atoms with E-state index in [1.807, 2.05) is 6.92 Å². The predicted octanol–water partition coefficient (Wildman–Crippen LogP) is 0.787. The summed E-state index contributed by atoms with van der Waals surface area (Å²) in [5.74, 6) is -0.221. The third-order valence-corrected chi connectivity index (χ3v) is 5.17. The van der Waals surface area contributed by atoms with Crippen LogP contribution in [0.2, 0.25) is 0 Å². The van der Waals surface area contributed by atoms with Gasteiger partial charge in [-0.15, -0.1) is 0 Å². The zero-order valence-corrected chi connectivity index (χ0v) is 14.1. The van der Waals surface area contributed by atoms with Crippen LogP contribution in [0.3, 0.4) is 0 Å². The van der Waals surface area contributed by atoms with Crippen LogP contribution in [0.5, 0.6) is 0 Å². The van der Waals surface area contributed by atoms with Gasteiger partial charge < -0.3 is 11.1 Å². The number of hydrogen-bond donors (Lipinski definition) is 2. The van der Waals surface area contributed by atoms with Gasteiger partial charge in [0, 0.05) is 37.8 Å². The van der Waals surface area contributed by atoms with Crippen molar-refractivity contribution in [3.05, 3.63) is 0 Å². The molecule has 2 rings (SSSR count). The number of carbonyl (C=O) groups excluding carboxylic acids is 1. The fraction of sp³-hybridized carbons (Fsp3) is 0.938. The lowest BCUT2D eigenvalue weighted by molar-refractivity contribution is -0.124. The molecule has 3 unspecified atom stereocenters. The molecule has 1 saturated heterocycles. The minimum absolute atomic E-state index is 0.221. The number of carbonyl (C=O) groups is 1. The number of amides is 1. The van der Waals surface area contributed by atoms with Gasteiger partial charge in [-0.3, -0.25) is 14.6 Å². The van der Waals surface area contributed by atoms with Crippen molar-refractivity contribution in [1.29, 1.82) is 0 Å². The van der Waals surface area contributed by atoms with Crippen LogP contribution in [0.1, 0.15) is 47.0 Å². The largest absolute Gasteiger partial charge is 0.368 e. The number of likely N-dealkylation sites (N-methyl/N-ethyl adjacent to an activating group) is 1. The Morgan fingerprint density at radius 1 is 1.43 bits per heavy atom. The fourth-order valence-electron chi connectivity index (χ4n) is 3.52. The molecule has 0 spiro atoms. The van der Waals surface area contributed by atoms with E-state index in [2.05, 4.69) is 35.9 Å². The van der Waals surface area contributed by atoms with Gasteiger partial charge in [0.2, 0.25) is 5.91 Å². The minimum atomic E-state index is -0.578. The van der Waals surface area contributed by atoms with Crippen molar-refractivity contribution >= 4 is 5.91 Å². The molecule has 21 heavy (non-hydrogen) atoms. The average molecular weight is 296 g/mol. The normalized spacial score (nSPS) is 29.0. The number of primary amides is 1. The van der Waals surface area contributed by atoms with Gasteiger partial charge in [-0.05, 0) is 46.6 Å². The predicted molar refractivity (Wildman–Crippen MR) is 86.1 cm³/mol. The van der Waals surface area contributed by atoms with E-state index in [1.165, 1.54) is 12.8 Å². The van der Waals surface area contributed by atoms with Crippen LogP contribution in [-0.4, -0.2) is 65.6 Å². The number of nitrogens with two attached hydrogens (primary N) is 1. The topological polar surface area (TPSA) is 61.6 Å². The quantitative estimate of drug-likeness (QED) is 0.729. The standard InChI is InChI=1S/C16H32N4O/c1-5-19-8-9-20(11-13(19)3)12(2)10-16(4,15(17)21)18-14-6-7-14/h12-14,18H,5-11H2,1-4H3,(H2,17,21). The number of hydrogen-bond acceptors (Lipinski definition) is 4. The Morgan fingerprint density at radius 3 is 2.57 bits per heavy atom. The molecule has 3 N–H and O–H groups in total. The van der Waals surface area contributed by atoms with E-state index in [1.54, 1.807) is 0 Å². The van der Waals surface area contributed by atoms with Gasteiger partial charge in [0.15, 0.2) is 0 Å². The smallest absolute Gasteiger partial charge is 0.237 e. The molecular weight excluding hydrogens is 264 g/mol. The van der Waals surface area contributed by atoms with E-state index in [0.29, 0.717) is 18.1 Å². The molecule has 122 valence electrons. The molecule has 2 aliphatic rings. The third-order valence-electron chi connectivity index (χ3n) is 5.17. The van der Waals surface area contributed by atoms with Gasteiger partial charge in [0.25, 0.3) is 0 Å². The molecule has 5 nitrogen and oxygen atoms in total. The molecule has 1 amide bonds. The van der Waals surface area contributed by atoms with Crippen molar-refractivity contribution in [3.63, 3.8) is 0 Å². The first kappa shape index (κ1) is 16.7. The highest BCUT2D eigenvalue weighted by atomic mass is 16.1. The lowest BCUT2D eigenvalue weighted by atomic mass is 9.91. The maximum absolute atomic E-state index is 11.9. The Balaban J connectivity index is 1.92. The highest BCUT2D eigenvalue weighted by Gasteiger charge is 2.39. The summed E-state index contributed by atoms with van der Waals surface area (Å²) in [6, 6.07) is 1.45. The third kappa shape index (κ3) is 4.18. The van der Waals surface area contributed by atoms with E-state index in [9.17, 15) is 4.79 Å². The second kappa shape index (κ2) is 6.63. The first-order valence-corrected chi connectivity index (χ1v) is 8.41. The van der Waals surface area contributed by atoms with Crippen LogP contribution in [0.15, 0.2) is 0 Å². The van der Waals surface area contributed by atoms with Crippen molar-refractivity contribution in [2.45, 2.75) is 70.6 Å². The van der Waals surface area contributed by atoms with Crippen LogP contribution < -0.4 is 11.1 Å². The van der Waals surface area contributed by atoms with Crippen LogP contribution in [0, 0.1) is 0 Å². The number of rotatable bonds is 7. The first-order valence-electron chi connectivity index (χ1n) is 8.41. The van der Waals surface area contributed by atoms with Gasteiger partial charge in [0.05, 0.1) is 5.54 Å². The molecule has 1 saturated carbocycles. The summed E-state index contributed by atoms with van der Waals surface area (Å²) in [5, 5.41) is 3.46. The summed E-state index contributed by atoms with van der Waals surface area (Å²) in [6.45, 7) is 13.1. The van der Waals surface area contributed by atoms with Crippen LogP contribution >= 0.6 is 0 Å². The molecule has 0 radical (unpaired) electrons. The molecule has 5 heteroatoms. The average Bonchev–Trinajstić information content (AvgIpc) is 3.22. The fourth-order valence-corrected chi connectivity index (χ4v) is 3.52. The molecule has 1 heterocycles. The molecular formula is C16H32N4O. The zero-order valence-electron chi connectivity index (χ0n) is 14.1. The molecule has 2 fully saturated rings. The number of nitrogens with one attached hydrogen (secondary N) is 1. The number of piperazine rings is 1. The second-order valence-electron chi connectivity index (χ2n) is 7.14. The maximum atomic E-state index is 11.9. The SMILES string of the molecule is CCN1CCN(C(C)CC(C)(NC2CC2)C(N)=O)CC1C. The summed E-state index contributed by atoms with van der Waals surface area (Å²) in [4.78, 5) is 16.9. The molecule has 1 aliphatic carbocycles. The van der Waals surface area contributed by atoms with Gasteiger partial charge in [-0.2, -0.15) is 0 Å². The Hall–Kier alpha value is -0.650. The van der Waals surface area contributed by atoms with Crippen LogP contribution in [0.25, 0.3) is 0 Å². The van der Waals surface area contributed by atoms with E-state index >= 15 is 0 Å². The highest BCUT2D eigenvalue weighted by molar-refractivity contribution is 5.84. The summed E-state index contributed by atoms with van der Waals surface area (Å²) >= 11 is 0. The molecule has 1 aliphatic heterocycles.